The van der Waals surface area contributed by atoms with E-state index >= 15 is 0 Å². The lowest BCUT2D eigenvalue weighted by Gasteiger charge is -2.40. The number of rotatable bonds is 4. The number of anilines is 1. The van der Waals surface area contributed by atoms with E-state index < -0.39 is 0 Å². The lowest BCUT2D eigenvalue weighted by molar-refractivity contribution is -0.133. The van der Waals surface area contributed by atoms with Crippen molar-refractivity contribution in [2.24, 2.45) is 0 Å². The molecule has 1 atom stereocenters. The monoisotopic (exact) mass is 346 g/mol. The normalized spacial score (nSPS) is 22.9. The highest BCUT2D eigenvalue weighted by molar-refractivity contribution is 5.78. The molecule has 6 heteroatoms. The van der Waals surface area contributed by atoms with Gasteiger partial charge in [0.1, 0.15) is 5.75 Å². The Morgan fingerprint density at radius 2 is 1.76 bits per heavy atom. The molecule has 2 heterocycles. The van der Waals surface area contributed by atoms with Gasteiger partial charge in [0.15, 0.2) is 0 Å². The Balaban J connectivity index is 1.48. The van der Waals surface area contributed by atoms with Crippen molar-refractivity contribution in [1.82, 2.24) is 14.7 Å². The number of piperazine rings is 2. The quantitative estimate of drug-likeness (QED) is 0.813. The van der Waals surface area contributed by atoms with Gasteiger partial charge in [0.2, 0.25) is 5.91 Å². The van der Waals surface area contributed by atoms with Gasteiger partial charge in [-0.2, -0.15) is 0 Å². The fourth-order valence-electron chi connectivity index (χ4n) is 3.69. The summed E-state index contributed by atoms with van der Waals surface area (Å²) in [4.78, 5) is 21.7. The smallest absolute Gasteiger partial charge is 0.236 e. The largest absolute Gasteiger partial charge is 0.497 e. The Labute approximate surface area is 150 Å². The van der Waals surface area contributed by atoms with Crippen LogP contribution in [0, 0.1) is 0 Å². The van der Waals surface area contributed by atoms with Crippen LogP contribution in [0.25, 0.3) is 0 Å². The van der Waals surface area contributed by atoms with Crippen LogP contribution >= 0.6 is 0 Å². The number of hydrogen-bond donors (Lipinski definition) is 0. The minimum absolute atomic E-state index is 0.269. The number of amides is 1. The van der Waals surface area contributed by atoms with Crippen molar-refractivity contribution in [2.75, 3.05) is 71.4 Å². The van der Waals surface area contributed by atoms with Crippen LogP contribution in [0.3, 0.4) is 0 Å². The molecule has 0 N–H and O–H groups in total. The highest BCUT2D eigenvalue weighted by Crippen LogP contribution is 2.20. The summed E-state index contributed by atoms with van der Waals surface area (Å²) in [5.41, 5.74) is 1.19. The van der Waals surface area contributed by atoms with Crippen LogP contribution in [0.15, 0.2) is 24.3 Å². The first kappa shape index (κ1) is 18.0. The highest BCUT2D eigenvalue weighted by Gasteiger charge is 2.27. The molecule has 25 heavy (non-hydrogen) atoms. The second-order valence-corrected chi connectivity index (χ2v) is 7.15. The molecule has 0 bridgehead atoms. The third-order valence-electron chi connectivity index (χ3n) is 5.38. The molecule has 6 nitrogen and oxygen atoms in total. The maximum atomic E-state index is 12.7. The summed E-state index contributed by atoms with van der Waals surface area (Å²) in [6.45, 7) is 9.20. The third kappa shape index (κ3) is 4.44. The van der Waals surface area contributed by atoms with Gasteiger partial charge in [-0.1, -0.05) is 0 Å². The summed E-state index contributed by atoms with van der Waals surface area (Å²) in [6, 6.07) is 8.59. The molecular formula is C19H30N4O2. The number of carbonyl (C=O) groups is 1. The second-order valence-electron chi connectivity index (χ2n) is 7.15. The Morgan fingerprint density at radius 1 is 1.08 bits per heavy atom. The summed E-state index contributed by atoms with van der Waals surface area (Å²) in [5, 5.41) is 0. The van der Waals surface area contributed by atoms with Gasteiger partial charge in [0.25, 0.3) is 0 Å². The molecule has 0 aliphatic carbocycles. The molecule has 0 saturated carbocycles. The van der Waals surface area contributed by atoms with Gasteiger partial charge in [-0.15, -0.1) is 0 Å². The minimum atomic E-state index is 0.269. The molecule has 2 aliphatic rings. The average molecular weight is 346 g/mol. The van der Waals surface area contributed by atoms with Crippen LogP contribution in [0.4, 0.5) is 5.69 Å². The molecule has 1 aromatic rings. The summed E-state index contributed by atoms with van der Waals surface area (Å²) in [6.07, 6.45) is 0. The van der Waals surface area contributed by atoms with E-state index in [0.717, 1.165) is 51.6 Å². The van der Waals surface area contributed by atoms with Crippen LogP contribution in [0.1, 0.15) is 6.92 Å². The van der Waals surface area contributed by atoms with E-state index in [1.54, 1.807) is 7.11 Å². The van der Waals surface area contributed by atoms with Crippen LogP contribution in [0.5, 0.6) is 5.75 Å². The van der Waals surface area contributed by atoms with Gasteiger partial charge in [0, 0.05) is 57.5 Å². The Hall–Kier alpha value is -1.79. The first-order valence-electron chi connectivity index (χ1n) is 9.16. The molecule has 0 aromatic heterocycles. The van der Waals surface area contributed by atoms with Crippen molar-refractivity contribution in [3.05, 3.63) is 24.3 Å². The molecule has 1 aromatic carbocycles. The zero-order valence-corrected chi connectivity index (χ0v) is 15.6. The summed E-state index contributed by atoms with van der Waals surface area (Å²) >= 11 is 0. The van der Waals surface area contributed by atoms with Crippen LogP contribution in [-0.2, 0) is 4.79 Å². The molecule has 1 amide bonds. The number of hydrogen-bond acceptors (Lipinski definition) is 5. The van der Waals surface area contributed by atoms with E-state index in [1.807, 2.05) is 17.0 Å². The summed E-state index contributed by atoms with van der Waals surface area (Å²) in [7, 11) is 3.83. The number of nitrogens with zero attached hydrogens (tertiary/aromatic N) is 4. The van der Waals surface area contributed by atoms with Crippen LogP contribution < -0.4 is 9.64 Å². The van der Waals surface area contributed by atoms with Crippen molar-refractivity contribution >= 4 is 11.6 Å². The number of ether oxygens (including phenoxy) is 1. The molecule has 0 unspecified atom stereocenters. The van der Waals surface area contributed by atoms with Gasteiger partial charge in [-0.3, -0.25) is 9.69 Å². The van der Waals surface area contributed by atoms with Gasteiger partial charge in [-0.05, 0) is 38.2 Å². The topological polar surface area (TPSA) is 39.3 Å². The predicted molar refractivity (Wildman–Crippen MR) is 100 cm³/mol. The second kappa shape index (κ2) is 8.06. The predicted octanol–water partition coefficient (Wildman–Crippen LogP) is 0.980. The van der Waals surface area contributed by atoms with E-state index in [2.05, 4.69) is 40.8 Å². The zero-order chi connectivity index (χ0) is 17.8. The first-order chi connectivity index (χ1) is 12.1. The number of methoxy groups -OCH3 is 1. The zero-order valence-electron chi connectivity index (χ0n) is 15.6. The number of likely N-dealkylation sites (N-methyl/N-ethyl adjacent to an activating group) is 1. The van der Waals surface area contributed by atoms with E-state index in [4.69, 9.17) is 4.74 Å². The van der Waals surface area contributed by atoms with E-state index in [-0.39, 0.29) is 5.91 Å². The van der Waals surface area contributed by atoms with Crippen LogP contribution in [0.2, 0.25) is 0 Å². The molecule has 138 valence electrons. The Kier molecular flexibility index (Phi) is 5.81. The van der Waals surface area contributed by atoms with Gasteiger partial charge in [-0.25, -0.2) is 0 Å². The maximum Gasteiger partial charge on any atom is 0.236 e. The molecule has 0 spiro atoms. The summed E-state index contributed by atoms with van der Waals surface area (Å²) < 4.78 is 5.21. The molecule has 0 radical (unpaired) electrons. The van der Waals surface area contributed by atoms with Crippen molar-refractivity contribution in [3.63, 3.8) is 0 Å². The molecule has 2 saturated heterocycles. The molecule has 2 aliphatic heterocycles. The standard InChI is InChI=1S/C19H30N4O2/c1-16-14-20(2)8-9-23(16)15-19(24)22-12-10-21(11-13-22)17-4-6-18(25-3)7-5-17/h4-7,16H,8-15H2,1-3H3/t16-/m1/s1. The lowest BCUT2D eigenvalue weighted by atomic mass is 10.2. The summed E-state index contributed by atoms with van der Waals surface area (Å²) in [5.74, 6) is 1.14. The van der Waals surface area contributed by atoms with E-state index in [9.17, 15) is 4.79 Å². The van der Waals surface area contributed by atoms with Crippen molar-refractivity contribution in [3.8, 4) is 5.75 Å². The highest BCUT2D eigenvalue weighted by atomic mass is 16.5. The molecule has 3 rings (SSSR count). The fourth-order valence-corrected chi connectivity index (χ4v) is 3.69. The third-order valence-corrected chi connectivity index (χ3v) is 5.38. The Morgan fingerprint density at radius 3 is 2.36 bits per heavy atom. The van der Waals surface area contributed by atoms with Gasteiger partial charge in [0.05, 0.1) is 13.7 Å². The van der Waals surface area contributed by atoms with Crippen molar-refractivity contribution < 1.29 is 9.53 Å². The SMILES string of the molecule is COc1ccc(N2CCN(C(=O)CN3CCN(C)C[C@H]3C)CC2)cc1. The first-order valence-corrected chi connectivity index (χ1v) is 9.16. The number of benzene rings is 1. The molecule has 2 fully saturated rings. The average Bonchev–Trinajstić information content (AvgIpc) is 2.64. The maximum absolute atomic E-state index is 12.7. The van der Waals surface area contributed by atoms with Gasteiger partial charge < -0.3 is 19.4 Å². The number of carbonyl (C=O) groups excluding carboxylic acids is 1. The van der Waals surface area contributed by atoms with E-state index in [0.29, 0.717) is 12.6 Å². The van der Waals surface area contributed by atoms with Crippen molar-refractivity contribution in [1.29, 1.82) is 0 Å². The van der Waals surface area contributed by atoms with Crippen molar-refractivity contribution in [2.45, 2.75) is 13.0 Å². The Bertz CT molecular complexity index is 569. The fraction of sp³-hybridized carbons (Fsp3) is 0.632. The van der Waals surface area contributed by atoms with E-state index in [1.165, 1.54) is 5.69 Å². The molecular weight excluding hydrogens is 316 g/mol. The van der Waals surface area contributed by atoms with Crippen LogP contribution in [-0.4, -0.2) is 93.2 Å². The lowest BCUT2D eigenvalue weighted by Crippen LogP contribution is -2.56. The minimum Gasteiger partial charge on any atom is -0.497 e. The van der Waals surface area contributed by atoms with Gasteiger partial charge >= 0.3 is 0 Å².